The first-order chi connectivity index (χ1) is 12.0. The lowest BCUT2D eigenvalue weighted by atomic mass is 9.76. The van der Waals surface area contributed by atoms with Gasteiger partial charge in [-0.1, -0.05) is 0 Å². The highest BCUT2D eigenvalue weighted by Crippen LogP contribution is 2.42. The van der Waals surface area contributed by atoms with Crippen molar-refractivity contribution in [3.05, 3.63) is 29.3 Å². The minimum atomic E-state index is -5.70. The average molecular weight is 397 g/mol. The summed E-state index contributed by atoms with van der Waals surface area (Å²) in [5.41, 5.74) is -4.69. The lowest BCUT2D eigenvalue weighted by Crippen LogP contribution is -2.54. The van der Waals surface area contributed by atoms with E-state index >= 15 is 0 Å². The van der Waals surface area contributed by atoms with Gasteiger partial charge in [0.05, 0.1) is 22.2 Å². The fourth-order valence-corrected chi connectivity index (χ4v) is 2.55. The molecule has 1 amide bonds. The summed E-state index contributed by atoms with van der Waals surface area (Å²) in [6, 6.07) is 0.740. The molecule has 11 heteroatoms. The van der Waals surface area contributed by atoms with E-state index in [1.54, 1.807) is 27.7 Å². The Labute approximate surface area is 152 Å². The van der Waals surface area contributed by atoms with Crippen LogP contribution in [0.1, 0.15) is 40.2 Å². The molecule has 2 rings (SSSR count). The zero-order valence-corrected chi connectivity index (χ0v) is 15.2. The molecule has 27 heavy (non-hydrogen) atoms. The SMILES string of the molecule is CC(=O)NC(F)(c1ccc(F)c(B2OC(C)(C)C(C)(C)O2)c1F)C(F)(F)F. The Morgan fingerprint density at radius 1 is 1.04 bits per heavy atom. The molecule has 1 fully saturated rings. The van der Waals surface area contributed by atoms with Crippen molar-refractivity contribution < 1.29 is 40.4 Å². The molecular formula is C16H18BF6NO3. The Kier molecular flexibility index (Phi) is 5.11. The molecule has 0 spiro atoms. The lowest BCUT2D eigenvalue weighted by molar-refractivity contribution is -0.247. The van der Waals surface area contributed by atoms with Crippen molar-refractivity contribution in [3.8, 4) is 0 Å². The monoisotopic (exact) mass is 397 g/mol. The number of alkyl halides is 4. The summed E-state index contributed by atoms with van der Waals surface area (Å²) in [7, 11) is -1.70. The van der Waals surface area contributed by atoms with Gasteiger partial charge in [-0.05, 0) is 39.8 Å². The van der Waals surface area contributed by atoms with Crippen LogP contribution in [0.15, 0.2) is 12.1 Å². The predicted molar refractivity (Wildman–Crippen MR) is 84.7 cm³/mol. The van der Waals surface area contributed by atoms with Gasteiger partial charge in [-0.2, -0.15) is 13.2 Å². The highest BCUT2D eigenvalue weighted by Gasteiger charge is 2.61. The van der Waals surface area contributed by atoms with Gasteiger partial charge in [0, 0.05) is 6.92 Å². The summed E-state index contributed by atoms with van der Waals surface area (Å²) < 4.78 is 94.6. The second-order valence-electron chi connectivity index (χ2n) is 7.25. The van der Waals surface area contributed by atoms with E-state index in [9.17, 15) is 31.1 Å². The molecule has 1 aromatic rings. The highest BCUT2D eigenvalue weighted by molar-refractivity contribution is 6.62. The summed E-state index contributed by atoms with van der Waals surface area (Å²) >= 11 is 0. The van der Waals surface area contributed by atoms with Crippen LogP contribution in [0.2, 0.25) is 0 Å². The van der Waals surface area contributed by atoms with Crippen LogP contribution in [0.5, 0.6) is 0 Å². The first kappa shape index (κ1) is 21.6. The van der Waals surface area contributed by atoms with Gasteiger partial charge in [0.15, 0.2) is 0 Å². The number of hydrogen-bond donors (Lipinski definition) is 1. The summed E-state index contributed by atoms with van der Waals surface area (Å²) in [5.74, 6) is -9.09. The van der Waals surface area contributed by atoms with Crippen LogP contribution in [-0.4, -0.2) is 30.4 Å². The minimum absolute atomic E-state index is 0.281. The Morgan fingerprint density at radius 2 is 1.52 bits per heavy atom. The van der Waals surface area contributed by atoms with Gasteiger partial charge in [-0.25, -0.2) is 13.2 Å². The molecule has 1 unspecified atom stereocenters. The average Bonchev–Trinajstić information content (AvgIpc) is 2.64. The van der Waals surface area contributed by atoms with Crippen LogP contribution in [0.3, 0.4) is 0 Å². The minimum Gasteiger partial charge on any atom is -0.399 e. The maximum Gasteiger partial charge on any atom is 0.500 e. The number of carbonyl (C=O) groups is 1. The number of hydrogen-bond acceptors (Lipinski definition) is 3. The number of nitrogens with one attached hydrogen (secondary N) is 1. The topological polar surface area (TPSA) is 47.6 Å². The molecule has 0 saturated carbocycles. The van der Waals surface area contributed by atoms with Crippen LogP contribution in [0.4, 0.5) is 26.3 Å². The van der Waals surface area contributed by atoms with E-state index in [-0.39, 0.29) is 6.07 Å². The molecule has 1 aliphatic rings. The van der Waals surface area contributed by atoms with E-state index < -0.39 is 58.9 Å². The number of benzene rings is 1. The maximum atomic E-state index is 14.9. The normalized spacial score (nSPS) is 21.1. The molecule has 1 aromatic carbocycles. The zero-order valence-electron chi connectivity index (χ0n) is 15.2. The third-order valence-electron chi connectivity index (χ3n) is 4.73. The van der Waals surface area contributed by atoms with E-state index in [2.05, 4.69) is 0 Å². The van der Waals surface area contributed by atoms with Gasteiger partial charge in [-0.15, -0.1) is 0 Å². The molecule has 4 nitrogen and oxygen atoms in total. The molecule has 1 atom stereocenters. The zero-order chi connectivity index (χ0) is 21.0. The maximum absolute atomic E-state index is 14.9. The molecule has 0 radical (unpaired) electrons. The quantitative estimate of drug-likeness (QED) is 0.485. The smallest absolute Gasteiger partial charge is 0.399 e. The molecule has 1 heterocycles. The summed E-state index contributed by atoms with van der Waals surface area (Å²) in [6.07, 6.45) is -5.70. The van der Waals surface area contributed by atoms with Crippen molar-refractivity contribution in [2.24, 2.45) is 0 Å². The van der Waals surface area contributed by atoms with Gasteiger partial charge in [-0.3, -0.25) is 4.79 Å². The first-order valence-electron chi connectivity index (χ1n) is 7.92. The first-order valence-corrected chi connectivity index (χ1v) is 7.92. The van der Waals surface area contributed by atoms with Crippen molar-refractivity contribution >= 4 is 18.5 Å². The van der Waals surface area contributed by atoms with E-state index in [0.29, 0.717) is 13.0 Å². The number of halogens is 6. The van der Waals surface area contributed by atoms with E-state index in [0.717, 1.165) is 5.32 Å². The van der Waals surface area contributed by atoms with Gasteiger partial charge in [0.1, 0.15) is 11.6 Å². The predicted octanol–water partition coefficient (Wildman–Crippen LogP) is 3.08. The van der Waals surface area contributed by atoms with E-state index in [1.165, 1.54) is 0 Å². The molecule has 0 aliphatic carbocycles. The summed E-state index contributed by atoms with van der Waals surface area (Å²) in [4.78, 5) is 11.1. The molecular weight excluding hydrogens is 379 g/mol. The van der Waals surface area contributed by atoms with Crippen LogP contribution in [-0.2, 0) is 19.9 Å². The van der Waals surface area contributed by atoms with E-state index in [4.69, 9.17) is 9.31 Å². The largest absolute Gasteiger partial charge is 0.500 e. The molecule has 0 bridgehead atoms. The number of rotatable bonds is 3. The summed E-state index contributed by atoms with van der Waals surface area (Å²) in [5, 5.41) is 1.05. The van der Waals surface area contributed by atoms with E-state index in [1.807, 2.05) is 0 Å². The molecule has 150 valence electrons. The third kappa shape index (κ3) is 3.54. The van der Waals surface area contributed by atoms with Crippen LogP contribution >= 0.6 is 0 Å². The second-order valence-corrected chi connectivity index (χ2v) is 7.25. The van der Waals surface area contributed by atoms with Crippen LogP contribution in [0, 0.1) is 11.6 Å². The van der Waals surface area contributed by atoms with Crippen LogP contribution < -0.4 is 10.8 Å². The van der Waals surface area contributed by atoms with Gasteiger partial charge >= 0.3 is 19.1 Å². The van der Waals surface area contributed by atoms with Gasteiger partial charge in [0.25, 0.3) is 0 Å². The third-order valence-corrected chi connectivity index (χ3v) is 4.73. The molecule has 1 saturated heterocycles. The number of amides is 1. The standard InChI is InChI=1S/C16H18BF6NO3/c1-8(25)24-15(20,16(21,22)23)9-6-7-10(18)11(12(9)19)17-26-13(2,3)14(4,5)27-17/h6-7H,1-5H3,(H,24,25). The van der Waals surface area contributed by atoms with Crippen molar-refractivity contribution in [3.63, 3.8) is 0 Å². The molecule has 1 N–H and O–H groups in total. The fourth-order valence-electron chi connectivity index (χ4n) is 2.55. The molecule has 1 aliphatic heterocycles. The Morgan fingerprint density at radius 3 is 1.93 bits per heavy atom. The fraction of sp³-hybridized carbons (Fsp3) is 0.562. The highest BCUT2D eigenvalue weighted by atomic mass is 19.4. The van der Waals surface area contributed by atoms with Gasteiger partial charge in [0.2, 0.25) is 5.91 Å². The number of carbonyl (C=O) groups excluding carboxylic acids is 1. The Bertz CT molecular complexity index is 751. The van der Waals surface area contributed by atoms with Crippen LogP contribution in [0.25, 0.3) is 0 Å². The van der Waals surface area contributed by atoms with Crippen molar-refractivity contribution in [2.75, 3.05) is 0 Å². The van der Waals surface area contributed by atoms with Gasteiger partial charge < -0.3 is 14.6 Å². The van der Waals surface area contributed by atoms with Crippen molar-refractivity contribution in [2.45, 2.75) is 57.8 Å². The second kappa shape index (κ2) is 6.40. The van der Waals surface area contributed by atoms with Crippen molar-refractivity contribution in [1.29, 1.82) is 0 Å². The molecule has 0 aromatic heterocycles. The Hall–Kier alpha value is -1.75. The van der Waals surface area contributed by atoms with Crippen molar-refractivity contribution in [1.82, 2.24) is 5.32 Å². The summed E-state index contributed by atoms with van der Waals surface area (Å²) in [6.45, 7) is 6.91. The Balaban J connectivity index is 2.64. The lowest BCUT2D eigenvalue weighted by Gasteiger charge is -2.32.